The van der Waals surface area contributed by atoms with E-state index in [-0.39, 0.29) is 10.6 Å². The summed E-state index contributed by atoms with van der Waals surface area (Å²) in [4.78, 5) is 16.5. The van der Waals surface area contributed by atoms with E-state index in [0.29, 0.717) is 25.3 Å². The van der Waals surface area contributed by atoms with Crippen molar-refractivity contribution >= 4 is 28.7 Å². The number of guanidine groups is 1. The van der Waals surface area contributed by atoms with Crippen molar-refractivity contribution in [2.45, 2.75) is 57.1 Å². The second-order valence-electron chi connectivity index (χ2n) is 9.65. The van der Waals surface area contributed by atoms with Crippen LogP contribution in [-0.2, 0) is 14.4 Å². The zero-order chi connectivity index (χ0) is 27.9. The number of nitriles is 1. The number of halogens is 2. The van der Waals surface area contributed by atoms with E-state index in [1.54, 1.807) is 20.2 Å². The Morgan fingerprint density at radius 2 is 1.97 bits per heavy atom. The van der Waals surface area contributed by atoms with E-state index in [0.717, 1.165) is 23.8 Å². The summed E-state index contributed by atoms with van der Waals surface area (Å²) < 4.78 is 34.9. The molecule has 0 saturated heterocycles. The largest absolute Gasteiger partial charge is 0.363 e. The van der Waals surface area contributed by atoms with Gasteiger partial charge in [0, 0.05) is 19.2 Å². The van der Waals surface area contributed by atoms with E-state index in [1.807, 2.05) is 51.1 Å². The van der Waals surface area contributed by atoms with Crippen LogP contribution >= 0.6 is 11.8 Å². The minimum atomic E-state index is -1.06. The number of carbonyl (C=O) groups is 1. The van der Waals surface area contributed by atoms with Crippen LogP contribution in [-0.4, -0.2) is 47.2 Å². The lowest BCUT2D eigenvalue weighted by Gasteiger charge is -2.38. The topological polar surface area (TPSA) is 102 Å². The first-order chi connectivity index (χ1) is 18.0. The molecule has 38 heavy (non-hydrogen) atoms. The molecular weight excluding hydrogens is 510 g/mol. The average molecular weight is 543 g/mol. The Morgan fingerprint density at radius 3 is 2.61 bits per heavy atom. The van der Waals surface area contributed by atoms with E-state index in [4.69, 9.17) is 10.00 Å². The van der Waals surface area contributed by atoms with Gasteiger partial charge in [-0.25, -0.2) is 13.8 Å². The van der Waals surface area contributed by atoms with Gasteiger partial charge in [0.2, 0.25) is 12.2 Å². The van der Waals surface area contributed by atoms with E-state index >= 15 is 0 Å². The van der Waals surface area contributed by atoms with Crippen molar-refractivity contribution < 1.29 is 18.3 Å². The number of hydrogen-bond acceptors (Lipinski definition) is 6. The highest BCUT2D eigenvalue weighted by Crippen LogP contribution is 2.51. The second kappa shape index (κ2) is 12.4. The molecule has 3 rings (SSSR count). The van der Waals surface area contributed by atoms with Gasteiger partial charge in [0.25, 0.3) is 5.91 Å². The van der Waals surface area contributed by atoms with E-state index in [2.05, 4.69) is 20.7 Å². The van der Waals surface area contributed by atoms with Gasteiger partial charge in [-0.2, -0.15) is 10.4 Å². The number of benzene rings is 2. The van der Waals surface area contributed by atoms with Crippen LogP contribution in [0.4, 0.5) is 8.78 Å². The van der Waals surface area contributed by atoms with Crippen LogP contribution in [0.2, 0.25) is 0 Å². The quantitative estimate of drug-likeness (QED) is 0.217. The van der Waals surface area contributed by atoms with Gasteiger partial charge in [-0.15, -0.1) is 4.99 Å². The molecule has 0 aliphatic carbocycles. The molecule has 1 aliphatic rings. The Balaban J connectivity index is 2.05. The van der Waals surface area contributed by atoms with Crippen molar-refractivity contribution in [3.8, 4) is 6.19 Å². The lowest BCUT2D eigenvalue weighted by atomic mass is 9.99. The predicted molar refractivity (Wildman–Crippen MR) is 145 cm³/mol. The van der Waals surface area contributed by atoms with Gasteiger partial charge in [-0.1, -0.05) is 42.1 Å². The van der Waals surface area contributed by atoms with Crippen molar-refractivity contribution in [3.05, 3.63) is 71.3 Å². The van der Waals surface area contributed by atoms with Crippen molar-refractivity contribution in [2.24, 2.45) is 10.1 Å². The molecule has 0 saturated carbocycles. The number of thioether (sulfide) groups is 1. The molecule has 8 nitrogen and oxygen atoms in total. The number of carbonyl (C=O) groups excluding carboxylic acids is 1. The number of hydrazone groups is 1. The first-order valence-electron chi connectivity index (χ1n) is 12.2. The number of aliphatic imine (C=N–C) groups is 1. The molecule has 0 aromatic heterocycles. The summed E-state index contributed by atoms with van der Waals surface area (Å²) in [6.45, 7) is 7.64. The zero-order valence-electron chi connectivity index (χ0n) is 22.1. The highest BCUT2D eigenvalue weighted by atomic mass is 32.2. The Labute approximate surface area is 226 Å². The third-order valence-electron chi connectivity index (χ3n) is 5.65. The first kappa shape index (κ1) is 29.1. The molecule has 1 unspecified atom stereocenters. The molecule has 2 aromatic rings. The monoisotopic (exact) mass is 542 g/mol. The smallest absolute Gasteiger partial charge is 0.273 e. The second-order valence-corrected chi connectivity index (χ2v) is 10.9. The fourth-order valence-corrected chi connectivity index (χ4v) is 5.52. The molecule has 2 N–H and O–H groups in total. The van der Waals surface area contributed by atoms with Crippen LogP contribution in [0.15, 0.2) is 58.6 Å². The molecule has 1 amide bonds. The molecule has 1 aliphatic heterocycles. The van der Waals surface area contributed by atoms with Crippen LogP contribution in [0.5, 0.6) is 0 Å². The molecule has 0 spiro atoms. The SMILES string of the molecule is CN/C(=N/C#N)NCCCC1(c2ccccc2)SC(c2cc(F)ccc2F)=NN1C(=O)[C@H](C)OC(C)(C)C. The van der Waals surface area contributed by atoms with Crippen molar-refractivity contribution in [2.75, 3.05) is 13.6 Å². The fourth-order valence-electron chi connectivity index (χ4n) is 4.10. The average Bonchev–Trinajstić information content (AvgIpc) is 3.26. The van der Waals surface area contributed by atoms with Crippen molar-refractivity contribution in [1.82, 2.24) is 15.6 Å². The van der Waals surface area contributed by atoms with Crippen LogP contribution < -0.4 is 10.6 Å². The molecule has 2 atom stereocenters. The van der Waals surface area contributed by atoms with E-state index in [9.17, 15) is 13.6 Å². The number of amides is 1. The van der Waals surface area contributed by atoms with Gasteiger partial charge in [0.1, 0.15) is 27.7 Å². The van der Waals surface area contributed by atoms with Gasteiger partial charge in [-0.3, -0.25) is 4.79 Å². The minimum Gasteiger partial charge on any atom is -0.363 e. The van der Waals surface area contributed by atoms with Crippen molar-refractivity contribution in [1.29, 1.82) is 5.26 Å². The number of nitrogens with one attached hydrogen (secondary N) is 2. The van der Waals surface area contributed by atoms with Crippen LogP contribution in [0.3, 0.4) is 0 Å². The highest BCUT2D eigenvalue weighted by Gasteiger charge is 2.50. The normalized spacial score (nSPS) is 18.5. The molecule has 0 bridgehead atoms. The summed E-state index contributed by atoms with van der Waals surface area (Å²) in [6.07, 6.45) is 1.80. The standard InChI is InChI=1S/C27H32F2N6O2S/c1-18(37-26(2,3)4)24(36)35-27(19-10-7-6-8-11-19,14-9-15-32-25(31-5)33-17-30)38-23(34-35)21-16-20(28)12-13-22(21)29/h6-8,10-13,16,18H,9,14-15H2,1-5H3,(H2,31,32,33)/t18-,27?/m0/s1. The Kier molecular flexibility index (Phi) is 9.46. The van der Waals surface area contributed by atoms with Gasteiger partial charge in [0.05, 0.1) is 5.60 Å². The summed E-state index contributed by atoms with van der Waals surface area (Å²) >= 11 is 1.20. The van der Waals surface area contributed by atoms with E-state index < -0.39 is 34.1 Å². The zero-order valence-corrected chi connectivity index (χ0v) is 22.9. The Morgan fingerprint density at radius 1 is 1.26 bits per heavy atom. The molecular formula is C27H32F2N6O2S. The van der Waals surface area contributed by atoms with E-state index in [1.165, 1.54) is 16.8 Å². The minimum absolute atomic E-state index is 0.0215. The van der Waals surface area contributed by atoms with Gasteiger partial charge in [-0.05, 0) is 64.3 Å². The van der Waals surface area contributed by atoms with Crippen LogP contribution in [0, 0.1) is 23.1 Å². The summed E-state index contributed by atoms with van der Waals surface area (Å²) in [6, 6.07) is 12.5. The maximum Gasteiger partial charge on any atom is 0.273 e. The summed E-state index contributed by atoms with van der Waals surface area (Å²) in [7, 11) is 1.64. The predicted octanol–water partition coefficient (Wildman–Crippen LogP) is 4.68. The Bertz CT molecular complexity index is 1240. The molecule has 0 fully saturated rings. The Hall–Kier alpha value is -3.49. The fraction of sp³-hybridized carbons (Fsp3) is 0.407. The number of ether oxygens (including phenoxy) is 1. The summed E-state index contributed by atoms with van der Waals surface area (Å²) in [5, 5.41) is 20.8. The number of rotatable bonds is 8. The highest BCUT2D eigenvalue weighted by molar-refractivity contribution is 8.15. The van der Waals surface area contributed by atoms with Gasteiger partial charge in [0.15, 0.2) is 0 Å². The maximum absolute atomic E-state index is 14.8. The molecule has 2 aromatic carbocycles. The van der Waals surface area contributed by atoms with Crippen LogP contribution in [0.1, 0.15) is 51.7 Å². The summed E-state index contributed by atoms with van der Waals surface area (Å²) in [5.74, 6) is -1.33. The lowest BCUT2D eigenvalue weighted by molar-refractivity contribution is -0.155. The van der Waals surface area contributed by atoms with Crippen molar-refractivity contribution in [3.63, 3.8) is 0 Å². The molecule has 11 heteroatoms. The lowest BCUT2D eigenvalue weighted by Crippen LogP contribution is -2.47. The molecule has 1 heterocycles. The first-order valence-corrected chi connectivity index (χ1v) is 13.0. The van der Waals surface area contributed by atoms with Gasteiger partial charge >= 0.3 is 0 Å². The third kappa shape index (κ3) is 6.88. The third-order valence-corrected chi connectivity index (χ3v) is 7.10. The van der Waals surface area contributed by atoms with Gasteiger partial charge < -0.3 is 15.4 Å². The number of nitrogens with zero attached hydrogens (tertiary/aromatic N) is 4. The summed E-state index contributed by atoms with van der Waals surface area (Å²) in [5.41, 5.74) is 0.162. The molecule has 202 valence electrons. The molecule has 0 radical (unpaired) electrons. The van der Waals surface area contributed by atoms with Crippen LogP contribution in [0.25, 0.3) is 0 Å². The number of hydrogen-bond donors (Lipinski definition) is 2. The maximum atomic E-state index is 14.8.